The van der Waals surface area contributed by atoms with E-state index in [1.807, 2.05) is 12.1 Å². The van der Waals surface area contributed by atoms with Crippen LogP contribution in [0, 0.1) is 0 Å². The van der Waals surface area contributed by atoms with Crippen LogP contribution in [0.4, 0.5) is 0 Å². The maximum atomic E-state index is 12.1. The van der Waals surface area contributed by atoms with Crippen LogP contribution in [0.1, 0.15) is 53.7 Å². The molecule has 28 heavy (non-hydrogen) atoms. The number of aryl methyl sites for hydroxylation is 1. The van der Waals surface area contributed by atoms with Crippen LogP contribution in [0.5, 0.6) is 0 Å². The molecule has 3 nitrogen and oxygen atoms in total. The van der Waals surface area contributed by atoms with Gasteiger partial charge in [0.15, 0.2) is 0 Å². The molecular formula is C25H26N2O. The first-order valence-corrected chi connectivity index (χ1v) is 9.92. The highest BCUT2D eigenvalue weighted by Crippen LogP contribution is 2.34. The molecule has 1 aromatic heterocycles. The largest absolute Gasteiger partial charge is 0.366 e. The fourth-order valence-electron chi connectivity index (χ4n) is 3.96. The first kappa shape index (κ1) is 18.3. The summed E-state index contributed by atoms with van der Waals surface area (Å²) in [7, 11) is 0. The Morgan fingerprint density at radius 2 is 1.68 bits per heavy atom. The number of fused-ring (bicyclic) bond motifs is 3. The van der Waals surface area contributed by atoms with Gasteiger partial charge in [-0.05, 0) is 47.2 Å². The van der Waals surface area contributed by atoms with Gasteiger partial charge in [-0.2, -0.15) is 0 Å². The average molecular weight is 370 g/mol. The molecule has 0 radical (unpaired) electrons. The van der Waals surface area contributed by atoms with E-state index in [9.17, 15) is 4.79 Å². The van der Waals surface area contributed by atoms with Crippen LogP contribution >= 0.6 is 0 Å². The molecule has 2 N–H and O–H groups in total. The zero-order valence-corrected chi connectivity index (χ0v) is 16.7. The normalized spacial score (nSPS) is 11.6. The molecule has 0 unspecified atom stereocenters. The summed E-state index contributed by atoms with van der Waals surface area (Å²) in [6.45, 7) is 7.33. The molecule has 1 heterocycles. The van der Waals surface area contributed by atoms with E-state index in [2.05, 4.69) is 73.9 Å². The van der Waals surface area contributed by atoms with Crippen molar-refractivity contribution in [2.24, 2.45) is 5.73 Å². The summed E-state index contributed by atoms with van der Waals surface area (Å²) in [6, 6.07) is 21.1. The Morgan fingerprint density at radius 1 is 0.964 bits per heavy atom. The maximum Gasteiger partial charge on any atom is 0.249 e. The van der Waals surface area contributed by atoms with Crippen molar-refractivity contribution in [2.75, 3.05) is 0 Å². The molecule has 0 bridgehead atoms. The smallest absolute Gasteiger partial charge is 0.249 e. The molecule has 4 aromatic rings. The van der Waals surface area contributed by atoms with Gasteiger partial charge in [0.2, 0.25) is 5.91 Å². The molecule has 0 fully saturated rings. The van der Waals surface area contributed by atoms with E-state index in [4.69, 9.17) is 5.73 Å². The number of hydrogen-bond donors (Lipinski definition) is 1. The molecule has 3 aromatic carbocycles. The summed E-state index contributed by atoms with van der Waals surface area (Å²) in [5.74, 6) is 0.0557. The van der Waals surface area contributed by atoms with Gasteiger partial charge in [-0.25, -0.2) is 0 Å². The second-order valence-corrected chi connectivity index (χ2v) is 7.75. The molecule has 0 atom stereocenters. The monoisotopic (exact) mass is 370 g/mol. The van der Waals surface area contributed by atoms with Crippen molar-refractivity contribution >= 4 is 27.7 Å². The molecular weight excluding hydrogens is 344 g/mol. The van der Waals surface area contributed by atoms with Gasteiger partial charge in [0.1, 0.15) is 0 Å². The summed E-state index contributed by atoms with van der Waals surface area (Å²) in [4.78, 5) is 12.1. The van der Waals surface area contributed by atoms with E-state index in [1.54, 1.807) is 0 Å². The number of primary amides is 1. The molecule has 0 saturated carbocycles. The lowest BCUT2D eigenvalue weighted by atomic mass is 10.00. The minimum atomic E-state index is -0.384. The van der Waals surface area contributed by atoms with Gasteiger partial charge >= 0.3 is 0 Å². The van der Waals surface area contributed by atoms with E-state index >= 15 is 0 Å². The maximum absolute atomic E-state index is 12.1. The van der Waals surface area contributed by atoms with Crippen LogP contribution in [0.15, 0.2) is 60.7 Å². The third kappa shape index (κ3) is 3.07. The number of hydrogen-bond acceptors (Lipinski definition) is 1. The predicted molar refractivity (Wildman–Crippen MR) is 117 cm³/mol. The van der Waals surface area contributed by atoms with E-state index in [0.29, 0.717) is 11.5 Å². The molecule has 0 spiro atoms. The summed E-state index contributed by atoms with van der Waals surface area (Å²) in [5.41, 5.74) is 12.3. The summed E-state index contributed by atoms with van der Waals surface area (Å²) < 4.78 is 2.31. The minimum Gasteiger partial charge on any atom is -0.366 e. The van der Waals surface area contributed by atoms with E-state index in [-0.39, 0.29) is 5.91 Å². The Balaban J connectivity index is 1.99. The number of benzene rings is 3. The van der Waals surface area contributed by atoms with Gasteiger partial charge in [0.05, 0.1) is 5.52 Å². The predicted octanol–water partition coefficient (Wildman–Crippen LogP) is 5.63. The zero-order valence-electron chi connectivity index (χ0n) is 16.7. The Labute approximate surface area is 165 Å². The molecule has 142 valence electrons. The number of rotatable bonds is 5. The van der Waals surface area contributed by atoms with Crippen LogP contribution in [0.25, 0.3) is 21.8 Å². The van der Waals surface area contributed by atoms with Gasteiger partial charge in [0, 0.05) is 28.4 Å². The molecule has 0 aliphatic rings. The topological polar surface area (TPSA) is 48.0 Å². The van der Waals surface area contributed by atoms with E-state index in [0.717, 1.165) is 34.8 Å². The minimum absolute atomic E-state index is 0.384. The number of aromatic nitrogens is 1. The third-order valence-corrected chi connectivity index (χ3v) is 5.62. The van der Waals surface area contributed by atoms with Crippen molar-refractivity contribution < 1.29 is 4.79 Å². The molecule has 0 saturated heterocycles. The van der Waals surface area contributed by atoms with E-state index < -0.39 is 0 Å². The lowest BCUT2D eigenvalue weighted by molar-refractivity contribution is 0.100. The standard InChI is InChI=1S/C25H26N2O/c1-4-17-8-10-18(11-9-17)15-27-22-7-5-6-21(25(26)28)24(22)20-13-12-19(16(2)3)14-23(20)27/h5-14,16H,4,15H2,1-3H3,(H2,26,28). The number of carbonyl (C=O) groups is 1. The molecule has 3 heteroatoms. The fraction of sp³-hybridized carbons (Fsp3) is 0.240. The Hall–Kier alpha value is -3.07. The summed E-state index contributed by atoms with van der Waals surface area (Å²) in [6.07, 6.45) is 1.04. The van der Waals surface area contributed by atoms with Gasteiger partial charge < -0.3 is 10.3 Å². The fourth-order valence-corrected chi connectivity index (χ4v) is 3.96. The van der Waals surface area contributed by atoms with Crippen molar-refractivity contribution in [1.29, 1.82) is 0 Å². The van der Waals surface area contributed by atoms with Crippen LogP contribution in [-0.4, -0.2) is 10.5 Å². The molecule has 0 aliphatic heterocycles. The van der Waals surface area contributed by atoms with Gasteiger partial charge in [-0.1, -0.05) is 63.2 Å². The van der Waals surface area contributed by atoms with Crippen LogP contribution in [0.2, 0.25) is 0 Å². The first-order valence-electron chi connectivity index (χ1n) is 9.92. The Morgan fingerprint density at radius 3 is 2.32 bits per heavy atom. The number of nitrogens with zero attached hydrogens (tertiary/aromatic N) is 1. The Bertz CT molecular complexity index is 1170. The number of amides is 1. The van der Waals surface area contributed by atoms with Gasteiger partial charge in [-0.15, -0.1) is 0 Å². The second kappa shape index (κ2) is 7.16. The second-order valence-electron chi connectivity index (χ2n) is 7.75. The molecule has 4 rings (SSSR count). The zero-order chi connectivity index (χ0) is 19.8. The number of carbonyl (C=O) groups excluding carboxylic acids is 1. The van der Waals surface area contributed by atoms with Crippen LogP contribution < -0.4 is 5.73 Å². The summed E-state index contributed by atoms with van der Waals surface area (Å²) in [5, 5.41) is 2.03. The van der Waals surface area contributed by atoms with Crippen LogP contribution in [0.3, 0.4) is 0 Å². The van der Waals surface area contributed by atoms with E-state index in [1.165, 1.54) is 16.7 Å². The lowest BCUT2D eigenvalue weighted by Crippen LogP contribution is -2.11. The van der Waals surface area contributed by atoms with Crippen molar-refractivity contribution in [3.8, 4) is 0 Å². The van der Waals surface area contributed by atoms with Crippen molar-refractivity contribution in [3.05, 3.63) is 82.9 Å². The first-order chi connectivity index (χ1) is 13.5. The lowest BCUT2D eigenvalue weighted by Gasteiger charge is -2.11. The molecule has 1 amide bonds. The van der Waals surface area contributed by atoms with Gasteiger partial charge in [-0.3, -0.25) is 4.79 Å². The third-order valence-electron chi connectivity index (χ3n) is 5.62. The quantitative estimate of drug-likeness (QED) is 0.486. The average Bonchev–Trinajstić information content (AvgIpc) is 3.01. The van der Waals surface area contributed by atoms with Crippen molar-refractivity contribution in [2.45, 2.75) is 39.7 Å². The highest BCUT2D eigenvalue weighted by atomic mass is 16.1. The van der Waals surface area contributed by atoms with Crippen molar-refractivity contribution in [3.63, 3.8) is 0 Å². The highest BCUT2D eigenvalue weighted by molar-refractivity contribution is 6.18. The summed E-state index contributed by atoms with van der Waals surface area (Å²) >= 11 is 0. The van der Waals surface area contributed by atoms with Crippen LogP contribution in [-0.2, 0) is 13.0 Å². The van der Waals surface area contributed by atoms with Gasteiger partial charge in [0.25, 0.3) is 0 Å². The molecule has 0 aliphatic carbocycles. The Kier molecular flexibility index (Phi) is 4.68. The highest BCUT2D eigenvalue weighted by Gasteiger charge is 2.17. The number of nitrogens with two attached hydrogens (primary N) is 1. The SMILES string of the molecule is CCc1ccc(Cn2c3cc(C(C)C)ccc3c3c(C(N)=O)cccc32)cc1. The van der Waals surface area contributed by atoms with Crippen molar-refractivity contribution in [1.82, 2.24) is 4.57 Å².